The Morgan fingerprint density at radius 3 is 1.87 bits per heavy atom. The third-order valence-electron chi connectivity index (χ3n) is 10.4. The van der Waals surface area contributed by atoms with E-state index in [2.05, 4.69) is 59.8 Å². The Bertz CT molecular complexity index is 3970. The molecule has 8 rings (SSSR count). The van der Waals surface area contributed by atoms with E-state index in [1.807, 2.05) is 36.4 Å². The predicted octanol–water partition coefficient (Wildman–Crippen LogP) is -2.36. The van der Waals surface area contributed by atoms with Crippen molar-refractivity contribution >= 4 is 114 Å². The molecule has 0 aliphatic carbocycles. The number of benzene rings is 6. The van der Waals surface area contributed by atoms with E-state index in [1.165, 1.54) is 49.4 Å². The Kier molecular flexibility index (Phi) is 21.1. The van der Waals surface area contributed by atoms with Crippen LogP contribution in [-0.2, 0) is 41.7 Å². The molecular weight excluding hydrogens is 1020 g/mol. The maximum atomic E-state index is 12.6. The van der Waals surface area contributed by atoms with Crippen molar-refractivity contribution in [2.45, 2.75) is 28.2 Å². The summed E-state index contributed by atoms with van der Waals surface area (Å²) in [5.41, 5.74) is 4.21. The van der Waals surface area contributed by atoms with Crippen LogP contribution in [0.1, 0.15) is 22.3 Å². The van der Waals surface area contributed by atoms with Crippen LogP contribution in [0.4, 0.5) is 44.4 Å². The number of anilines is 4. The van der Waals surface area contributed by atoms with Crippen LogP contribution in [0.25, 0.3) is 32.7 Å². The molecule has 0 fully saturated rings. The first-order chi connectivity index (χ1) is 33.8. The number of azo groups is 2. The maximum absolute atomic E-state index is 12.6. The molecule has 29 heteroatoms. The molecule has 4 N–H and O–H groups in total. The van der Waals surface area contributed by atoms with Gasteiger partial charge in [-0.2, -0.15) is 21.1 Å². The third-order valence-corrected chi connectivity index (χ3v) is 13.9. The van der Waals surface area contributed by atoms with Gasteiger partial charge in [-0.05, 0) is 83.9 Å². The first kappa shape index (κ1) is 61.6. The Labute approximate surface area is 481 Å². The summed E-state index contributed by atoms with van der Waals surface area (Å²) in [6.07, 6.45) is 0.665. The van der Waals surface area contributed by atoms with Crippen molar-refractivity contribution < 1.29 is 119 Å². The molecule has 21 nitrogen and oxygen atoms in total. The Balaban J connectivity index is 0.00000304. The van der Waals surface area contributed by atoms with E-state index in [0.29, 0.717) is 17.5 Å². The first-order valence-electron chi connectivity index (χ1n) is 20.2. The van der Waals surface area contributed by atoms with Gasteiger partial charge in [0.25, 0.3) is 0 Å². The van der Waals surface area contributed by atoms with Crippen molar-refractivity contribution in [3.8, 4) is 23.3 Å². The summed E-state index contributed by atoms with van der Waals surface area (Å²) in [5.74, 6) is -0.141. The molecule has 0 aliphatic heterocycles. The fraction of sp³-hybridized carbons (Fsp3) is 0.0435. The Morgan fingerprint density at radius 1 is 0.707 bits per heavy atom. The first-order valence-corrected chi connectivity index (χ1v) is 25.2. The molecule has 2 aromatic heterocycles. The molecule has 6 aromatic carbocycles. The number of hydroxylamine groups is 1. The van der Waals surface area contributed by atoms with Crippen molar-refractivity contribution in [2.75, 3.05) is 10.6 Å². The molecule has 75 heavy (non-hydrogen) atoms. The summed E-state index contributed by atoms with van der Waals surface area (Å²) in [7, 11) is -14.7. The van der Waals surface area contributed by atoms with Crippen molar-refractivity contribution in [1.29, 1.82) is 15.9 Å². The van der Waals surface area contributed by atoms with Crippen LogP contribution in [-0.4, -0.2) is 50.3 Å². The van der Waals surface area contributed by atoms with Crippen molar-refractivity contribution in [3.05, 3.63) is 144 Å². The van der Waals surface area contributed by atoms with Gasteiger partial charge in [0.1, 0.15) is 58.7 Å². The average Bonchev–Trinajstić information content (AvgIpc) is 3.69. The van der Waals surface area contributed by atoms with Crippen LogP contribution in [0.3, 0.4) is 0 Å². The number of nitriles is 2. The molecule has 0 aliphatic rings. The van der Waals surface area contributed by atoms with Crippen LogP contribution >= 0.6 is 11.3 Å². The van der Waals surface area contributed by atoms with E-state index in [1.54, 1.807) is 6.07 Å². The molecule has 0 unspecified atom stereocenters. The molecule has 0 amide bonds. The van der Waals surface area contributed by atoms with E-state index < -0.39 is 45.0 Å². The zero-order chi connectivity index (χ0) is 50.7. The number of nitrogens with zero attached hydrogens (tertiary/aromatic N) is 7. The van der Waals surface area contributed by atoms with Gasteiger partial charge in [-0.1, -0.05) is 53.1 Å². The van der Waals surface area contributed by atoms with E-state index in [4.69, 9.17) is 10.2 Å². The third kappa shape index (κ3) is 14.3. The molecule has 0 atom stereocenters. The molecular formula is C46H29Li4N11O10S4. The number of pyridine rings is 1. The second kappa shape index (κ2) is 25.7. The molecule has 356 valence electrons. The largest absolute Gasteiger partial charge is 1.00 e. The van der Waals surface area contributed by atoms with Gasteiger partial charge in [0.15, 0.2) is 23.0 Å². The van der Waals surface area contributed by atoms with Crippen LogP contribution < -0.4 is 91.6 Å². The molecule has 0 bridgehead atoms. The number of aromatic nitrogens is 1. The molecule has 2 heterocycles. The number of nitrogens with one attached hydrogen (secondary N) is 4. The van der Waals surface area contributed by atoms with Gasteiger partial charge in [0.2, 0.25) is 0 Å². The molecule has 0 saturated heterocycles. The summed E-state index contributed by atoms with van der Waals surface area (Å²) in [6, 6.07) is 34.9. The zero-order valence-electron chi connectivity index (χ0n) is 40.1. The second-order valence-corrected chi connectivity index (χ2v) is 20.0. The summed E-state index contributed by atoms with van der Waals surface area (Å²) in [4.78, 5) is 7.69. The predicted molar refractivity (Wildman–Crippen MR) is 257 cm³/mol. The molecule has 0 radical (unpaired) electrons. The van der Waals surface area contributed by atoms with Crippen LogP contribution in [0.2, 0.25) is 0 Å². The van der Waals surface area contributed by atoms with Gasteiger partial charge in [-0.15, -0.1) is 50.6 Å². The SMILES string of the molecule is Cc1c(C#N)c(Nc2ccc(S(=O)(=O)[O-])cc2)nc(Nc2ccc(S(=O)(=O)[O-])cc2)c1N=Nc1sc(N=Nc2cc(S(=O)(=O)[O-])c3cc(CNOC=N)c[c-]c3c2)c(-c2ccc3ccccc3c2)c1C#N.[Li+].[Li+].[Li+].[Li+]. The normalized spacial score (nSPS) is 11.4. The molecule has 0 saturated carbocycles. The Hall–Kier alpha value is -5.98. The smallest absolute Gasteiger partial charge is 0.745 e. The molecule has 0 spiro atoms. The van der Waals surface area contributed by atoms with E-state index in [-0.39, 0.29) is 159 Å². The minimum absolute atomic E-state index is 0. The minimum atomic E-state index is -5.08. The maximum Gasteiger partial charge on any atom is 1.00 e. The van der Waals surface area contributed by atoms with Gasteiger partial charge in [-0.25, -0.2) is 30.2 Å². The van der Waals surface area contributed by atoms with Gasteiger partial charge in [0.05, 0.1) is 15.4 Å². The van der Waals surface area contributed by atoms with Crippen molar-refractivity contribution in [2.24, 2.45) is 20.5 Å². The van der Waals surface area contributed by atoms with Crippen LogP contribution in [0, 0.1) is 41.1 Å². The Morgan fingerprint density at radius 2 is 1.29 bits per heavy atom. The fourth-order valence-corrected chi connectivity index (χ4v) is 9.65. The average molecular weight is 1050 g/mol. The summed E-state index contributed by atoms with van der Waals surface area (Å²) in [6.45, 7) is 1.57. The molecule has 8 aromatic rings. The van der Waals surface area contributed by atoms with E-state index >= 15 is 0 Å². The van der Waals surface area contributed by atoms with Gasteiger partial charge >= 0.3 is 75.4 Å². The van der Waals surface area contributed by atoms with Gasteiger partial charge in [-0.3, -0.25) is 5.41 Å². The van der Waals surface area contributed by atoms with E-state index in [9.17, 15) is 49.4 Å². The number of hydrogen-bond donors (Lipinski definition) is 4. The summed E-state index contributed by atoms with van der Waals surface area (Å²) >= 11 is 0.876. The quantitative estimate of drug-likeness (QED) is 0.0115. The van der Waals surface area contributed by atoms with Crippen LogP contribution in [0.15, 0.2) is 150 Å². The number of thiophene rings is 1. The number of rotatable bonds is 16. The number of fused-ring (bicyclic) bond motifs is 2. The fourth-order valence-electron chi connectivity index (χ4n) is 7.09. The van der Waals surface area contributed by atoms with Crippen molar-refractivity contribution in [1.82, 2.24) is 10.5 Å². The van der Waals surface area contributed by atoms with Gasteiger partial charge in [0, 0.05) is 39.6 Å². The zero-order valence-corrected chi connectivity index (χ0v) is 43.4. The van der Waals surface area contributed by atoms with E-state index in [0.717, 1.165) is 52.4 Å². The summed E-state index contributed by atoms with van der Waals surface area (Å²) < 4.78 is 107. The monoisotopic (exact) mass is 1050 g/mol. The van der Waals surface area contributed by atoms with Crippen molar-refractivity contribution in [3.63, 3.8) is 0 Å². The topological polar surface area (TPSA) is 351 Å². The van der Waals surface area contributed by atoms with Crippen LogP contribution in [0.5, 0.6) is 0 Å². The minimum Gasteiger partial charge on any atom is -0.745 e. The number of hydrogen-bond acceptors (Lipinski definition) is 22. The summed E-state index contributed by atoms with van der Waals surface area (Å²) in [5, 5.41) is 53.9. The second-order valence-electron chi connectivity index (χ2n) is 14.9. The van der Waals surface area contributed by atoms with Gasteiger partial charge < -0.3 is 29.1 Å². The standard InChI is InChI=1S/C46H32N11O10S4.4Li/c1-26-38(22-47)43(51-32-10-14-35(15-11-32)69(58,59)60)53-44(52-33-12-16-36(17-13-33)70(61,62)63)42(26)55-56-45-39(23-48)41(31-9-8-28-4-2-3-5-29(28)19-31)46(68-45)57-54-34-20-30-7-6-27(24-50-67-25-49)18-37(30)40(21-34)71(64,65)66;;;;/h2-6,8-21,25,49-50H,24H2,1H3,(H2,51,52,53)(H,58,59,60)(H,61,62,63)(H,64,65,66);;;;/q-1;4*+1/p-3.